The number of carboxylic acid groups (broad SMARTS) is 1. The summed E-state index contributed by atoms with van der Waals surface area (Å²) < 4.78 is 5.64. The fourth-order valence-corrected chi connectivity index (χ4v) is 4.35. The second-order valence-electron chi connectivity index (χ2n) is 7.37. The summed E-state index contributed by atoms with van der Waals surface area (Å²) in [5.41, 5.74) is 3.74. The Bertz CT molecular complexity index is 767. The van der Waals surface area contributed by atoms with Gasteiger partial charge in [-0.05, 0) is 31.0 Å². The van der Waals surface area contributed by atoms with Gasteiger partial charge < -0.3 is 19.6 Å². The number of anilines is 1. The standard InChI is InChI=1S/C20H24N2O4/c1-12-4-3-5-14(13(12)2)21-8-10-22(11-9-21)19(23)17-15-6-7-16(26-15)18(17)20(24)25/h3-7,15-18H,8-11H2,1-2H3,(H,24,25). The molecule has 4 rings (SSSR count). The zero-order valence-corrected chi connectivity index (χ0v) is 15.1. The first-order valence-electron chi connectivity index (χ1n) is 9.14. The number of amides is 1. The van der Waals surface area contributed by atoms with Crippen LogP contribution in [0.4, 0.5) is 5.69 Å². The number of piperazine rings is 1. The molecule has 6 nitrogen and oxygen atoms in total. The molecule has 1 aromatic rings. The number of hydrogen-bond donors (Lipinski definition) is 1. The van der Waals surface area contributed by atoms with Crippen molar-refractivity contribution in [3.8, 4) is 0 Å². The third kappa shape index (κ3) is 2.69. The minimum absolute atomic E-state index is 0.0881. The minimum atomic E-state index is -0.950. The van der Waals surface area contributed by atoms with Crippen LogP contribution < -0.4 is 4.90 Å². The number of ether oxygens (including phenoxy) is 1. The van der Waals surface area contributed by atoms with Gasteiger partial charge in [0.2, 0.25) is 5.91 Å². The van der Waals surface area contributed by atoms with E-state index in [0.717, 1.165) is 13.1 Å². The maximum absolute atomic E-state index is 13.0. The molecule has 2 saturated heterocycles. The van der Waals surface area contributed by atoms with Gasteiger partial charge in [0.1, 0.15) is 5.92 Å². The van der Waals surface area contributed by atoms with E-state index in [-0.39, 0.29) is 5.91 Å². The monoisotopic (exact) mass is 356 g/mol. The van der Waals surface area contributed by atoms with E-state index < -0.39 is 30.0 Å². The van der Waals surface area contributed by atoms with E-state index in [1.165, 1.54) is 16.8 Å². The highest BCUT2D eigenvalue weighted by molar-refractivity contribution is 5.87. The van der Waals surface area contributed by atoms with Crippen molar-refractivity contribution in [1.29, 1.82) is 0 Å². The van der Waals surface area contributed by atoms with Crippen LogP contribution >= 0.6 is 0 Å². The molecule has 3 aliphatic heterocycles. The lowest BCUT2D eigenvalue weighted by Crippen LogP contribution is -2.53. The number of aliphatic carboxylic acids is 1. The number of benzene rings is 1. The Hall–Kier alpha value is -2.34. The van der Waals surface area contributed by atoms with Gasteiger partial charge in [0.25, 0.3) is 0 Å². The lowest BCUT2D eigenvalue weighted by atomic mass is 9.82. The topological polar surface area (TPSA) is 70.1 Å². The first kappa shape index (κ1) is 17.1. The summed E-state index contributed by atoms with van der Waals surface area (Å²) in [7, 11) is 0. The fourth-order valence-electron chi connectivity index (χ4n) is 4.35. The van der Waals surface area contributed by atoms with Crippen LogP contribution in [-0.2, 0) is 14.3 Å². The minimum Gasteiger partial charge on any atom is -0.481 e. The predicted molar refractivity (Wildman–Crippen MR) is 97.1 cm³/mol. The zero-order valence-electron chi connectivity index (χ0n) is 15.1. The fraction of sp³-hybridized carbons (Fsp3) is 0.500. The normalized spacial score (nSPS) is 30.1. The Labute approximate surface area is 153 Å². The van der Waals surface area contributed by atoms with Crippen molar-refractivity contribution in [2.45, 2.75) is 26.1 Å². The highest BCUT2D eigenvalue weighted by atomic mass is 16.5. The largest absolute Gasteiger partial charge is 0.481 e. The molecular formula is C20H24N2O4. The Kier molecular flexibility index (Phi) is 4.23. The van der Waals surface area contributed by atoms with Gasteiger partial charge in [-0.2, -0.15) is 0 Å². The number of carbonyl (C=O) groups excluding carboxylic acids is 1. The van der Waals surface area contributed by atoms with Crippen LogP contribution in [0.15, 0.2) is 30.4 Å². The van der Waals surface area contributed by atoms with Crippen molar-refractivity contribution in [1.82, 2.24) is 4.90 Å². The molecule has 4 atom stereocenters. The Balaban J connectivity index is 1.45. The SMILES string of the molecule is Cc1cccc(N2CCN(C(=O)C3C4C=CC(O4)C3C(=O)O)CC2)c1C. The van der Waals surface area contributed by atoms with Crippen LogP contribution in [0.1, 0.15) is 11.1 Å². The number of carbonyl (C=O) groups is 2. The zero-order chi connectivity index (χ0) is 18.4. The molecule has 26 heavy (non-hydrogen) atoms. The van der Waals surface area contributed by atoms with E-state index in [9.17, 15) is 14.7 Å². The Morgan fingerprint density at radius 2 is 1.69 bits per heavy atom. The van der Waals surface area contributed by atoms with Crippen molar-refractivity contribution in [3.63, 3.8) is 0 Å². The second kappa shape index (κ2) is 6.43. The molecular weight excluding hydrogens is 332 g/mol. The highest BCUT2D eigenvalue weighted by Crippen LogP contribution is 2.40. The second-order valence-corrected chi connectivity index (χ2v) is 7.37. The molecule has 6 heteroatoms. The summed E-state index contributed by atoms with van der Waals surface area (Å²) in [6.07, 6.45) is 2.73. The van der Waals surface area contributed by atoms with Crippen LogP contribution in [0.2, 0.25) is 0 Å². The molecule has 3 heterocycles. The van der Waals surface area contributed by atoms with E-state index in [4.69, 9.17) is 4.74 Å². The number of carboxylic acids is 1. The van der Waals surface area contributed by atoms with E-state index in [0.29, 0.717) is 13.1 Å². The van der Waals surface area contributed by atoms with Crippen LogP contribution in [0.5, 0.6) is 0 Å². The summed E-state index contributed by atoms with van der Waals surface area (Å²) in [5, 5.41) is 9.51. The molecule has 0 aliphatic carbocycles. The van der Waals surface area contributed by atoms with Crippen LogP contribution in [0.3, 0.4) is 0 Å². The molecule has 4 unspecified atom stereocenters. The maximum atomic E-state index is 13.0. The first-order chi connectivity index (χ1) is 12.5. The first-order valence-corrected chi connectivity index (χ1v) is 9.14. The van der Waals surface area contributed by atoms with E-state index in [2.05, 4.69) is 36.9 Å². The van der Waals surface area contributed by atoms with Gasteiger partial charge in [-0.1, -0.05) is 24.3 Å². The molecule has 1 N–H and O–H groups in total. The third-order valence-corrected chi connectivity index (χ3v) is 5.98. The van der Waals surface area contributed by atoms with Gasteiger partial charge >= 0.3 is 5.97 Å². The van der Waals surface area contributed by atoms with E-state index in [1.807, 2.05) is 6.08 Å². The number of rotatable bonds is 3. The predicted octanol–water partition coefficient (Wildman–Crippen LogP) is 1.61. The molecule has 138 valence electrons. The number of nitrogens with zero attached hydrogens (tertiary/aromatic N) is 2. The Morgan fingerprint density at radius 1 is 1.04 bits per heavy atom. The lowest BCUT2D eigenvalue weighted by molar-refractivity contribution is -0.149. The van der Waals surface area contributed by atoms with Crippen molar-refractivity contribution < 1.29 is 19.4 Å². The van der Waals surface area contributed by atoms with Gasteiger partial charge in [0, 0.05) is 31.9 Å². The molecule has 1 aromatic carbocycles. The summed E-state index contributed by atoms with van der Waals surface area (Å²) in [6.45, 7) is 6.95. The molecule has 0 saturated carbocycles. The maximum Gasteiger partial charge on any atom is 0.310 e. The van der Waals surface area contributed by atoms with Crippen molar-refractivity contribution >= 4 is 17.6 Å². The highest BCUT2D eigenvalue weighted by Gasteiger charge is 2.54. The van der Waals surface area contributed by atoms with E-state index in [1.54, 1.807) is 11.0 Å². The average Bonchev–Trinajstić information content (AvgIpc) is 3.25. The summed E-state index contributed by atoms with van der Waals surface area (Å²) in [6, 6.07) is 6.29. The molecule has 3 aliphatic rings. The van der Waals surface area contributed by atoms with Gasteiger partial charge in [-0.15, -0.1) is 0 Å². The lowest BCUT2D eigenvalue weighted by Gasteiger charge is -2.39. The molecule has 2 fully saturated rings. The van der Waals surface area contributed by atoms with Crippen LogP contribution in [0.25, 0.3) is 0 Å². The summed E-state index contributed by atoms with van der Waals surface area (Å²) in [5.74, 6) is -2.41. The third-order valence-electron chi connectivity index (χ3n) is 5.98. The van der Waals surface area contributed by atoms with Gasteiger partial charge in [0.05, 0.1) is 18.1 Å². The smallest absolute Gasteiger partial charge is 0.310 e. The van der Waals surface area contributed by atoms with Crippen LogP contribution in [-0.4, -0.2) is 60.3 Å². The van der Waals surface area contributed by atoms with Crippen LogP contribution in [0, 0.1) is 25.7 Å². The van der Waals surface area contributed by atoms with Gasteiger partial charge in [-0.3, -0.25) is 9.59 Å². The average molecular weight is 356 g/mol. The molecule has 0 radical (unpaired) electrons. The van der Waals surface area contributed by atoms with Gasteiger partial charge in [0.15, 0.2) is 0 Å². The summed E-state index contributed by atoms with van der Waals surface area (Å²) >= 11 is 0. The number of fused-ring (bicyclic) bond motifs is 2. The van der Waals surface area contributed by atoms with Crippen molar-refractivity contribution in [2.24, 2.45) is 11.8 Å². The quantitative estimate of drug-likeness (QED) is 0.833. The Morgan fingerprint density at radius 3 is 2.35 bits per heavy atom. The molecule has 1 amide bonds. The number of aryl methyl sites for hydroxylation is 1. The summed E-state index contributed by atoms with van der Waals surface area (Å²) in [4.78, 5) is 28.7. The van der Waals surface area contributed by atoms with Gasteiger partial charge in [-0.25, -0.2) is 0 Å². The molecule has 0 aromatic heterocycles. The molecule has 2 bridgehead atoms. The van der Waals surface area contributed by atoms with Crippen molar-refractivity contribution in [3.05, 3.63) is 41.5 Å². The van der Waals surface area contributed by atoms with E-state index >= 15 is 0 Å². The molecule has 0 spiro atoms. The van der Waals surface area contributed by atoms with Crippen molar-refractivity contribution in [2.75, 3.05) is 31.1 Å². The number of hydrogen-bond acceptors (Lipinski definition) is 4.